The SMILES string of the molecule is CCOC(CN(Cc1cccc2ccccc12)C(=O)[C@H](Cc1ccc(OC(C)(C)C)cc1)NC(=O)CCNC(=O)NCc1cccc(CNC(=O)OCC2c3ccccc3-c3ccccc32)c1)OCC. The lowest BCUT2D eigenvalue weighted by Gasteiger charge is -2.31. The molecule has 0 unspecified atom stereocenters. The molecule has 1 aliphatic carbocycles. The second-order valence-electron chi connectivity index (χ2n) is 18.2. The smallest absolute Gasteiger partial charge is 0.407 e. The van der Waals surface area contributed by atoms with Crippen molar-refractivity contribution >= 4 is 34.7 Å². The van der Waals surface area contributed by atoms with Gasteiger partial charge in [-0.2, -0.15) is 0 Å². The third-order valence-corrected chi connectivity index (χ3v) is 11.9. The number of alkyl carbamates (subject to hydrolysis) is 1. The summed E-state index contributed by atoms with van der Waals surface area (Å²) >= 11 is 0. The molecule has 0 saturated heterocycles. The number of carbonyl (C=O) groups is 4. The highest BCUT2D eigenvalue weighted by Gasteiger charge is 2.31. The number of amides is 5. The summed E-state index contributed by atoms with van der Waals surface area (Å²) < 4.78 is 23.6. The number of rotatable bonds is 22. The van der Waals surface area contributed by atoms with Gasteiger partial charge >= 0.3 is 12.1 Å². The molecule has 0 fully saturated rings. The monoisotopic (exact) mass is 947 g/mol. The Bertz CT molecular complexity index is 2660. The molecule has 6 aromatic carbocycles. The van der Waals surface area contributed by atoms with Gasteiger partial charge < -0.3 is 45.1 Å². The molecule has 0 spiro atoms. The highest BCUT2D eigenvalue weighted by atomic mass is 16.7. The second-order valence-corrected chi connectivity index (χ2v) is 18.2. The average Bonchev–Trinajstić information content (AvgIpc) is 3.67. The summed E-state index contributed by atoms with van der Waals surface area (Å²) in [5.41, 5.74) is 7.66. The van der Waals surface area contributed by atoms with E-state index in [4.69, 9.17) is 18.9 Å². The molecule has 1 aliphatic rings. The van der Waals surface area contributed by atoms with Crippen LogP contribution in [0, 0.1) is 0 Å². The van der Waals surface area contributed by atoms with E-state index in [0.29, 0.717) is 19.0 Å². The highest BCUT2D eigenvalue weighted by molar-refractivity contribution is 5.90. The lowest BCUT2D eigenvalue weighted by molar-refractivity contribution is -0.161. The Kier molecular flexibility index (Phi) is 17.6. The van der Waals surface area contributed by atoms with E-state index in [1.54, 1.807) is 4.90 Å². The van der Waals surface area contributed by atoms with Gasteiger partial charge in [0.05, 0.1) is 6.54 Å². The second kappa shape index (κ2) is 24.4. The fourth-order valence-electron chi connectivity index (χ4n) is 8.75. The maximum absolute atomic E-state index is 14.8. The van der Waals surface area contributed by atoms with Gasteiger partial charge in [0.2, 0.25) is 11.8 Å². The van der Waals surface area contributed by atoms with E-state index in [1.165, 1.54) is 0 Å². The Morgan fingerprint density at radius 1 is 0.671 bits per heavy atom. The van der Waals surface area contributed by atoms with Crippen molar-refractivity contribution in [3.05, 3.63) is 173 Å². The van der Waals surface area contributed by atoms with Crippen LogP contribution in [0.4, 0.5) is 9.59 Å². The van der Waals surface area contributed by atoms with Crippen LogP contribution in [0.5, 0.6) is 5.75 Å². The molecule has 5 amide bonds. The summed E-state index contributed by atoms with van der Waals surface area (Å²) in [4.78, 5) is 56.0. The van der Waals surface area contributed by atoms with Gasteiger partial charge in [-0.15, -0.1) is 0 Å². The van der Waals surface area contributed by atoms with Crippen LogP contribution in [0.2, 0.25) is 0 Å². The Balaban J connectivity index is 0.935. The molecule has 6 aromatic rings. The first-order chi connectivity index (χ1) is 33.9. The van der Waals surface area contributed by atoms with Crippen LogP contribution >= 0.6 is 0 Å². The maximum Gasteiger partial charge on any atom is 0.407 e. The summed E-state index contributed by atoms with van der Waals surface area (Å²) in [5, 5.41) is 13.5. The molecule has 7 rings (SSSR count). The molecule has 4 N–H and O–H groups in total. The Labute approximate surface area is 411 Å². The maximum atomic E-state index is 14.8. The van der Waals surface area contributed by atoms with Crippen LogP contribution in [0.3, 0.4) is 0 Å². The zero-order valence-electron chi connectivity index (χ0n) is 40.8. The molecule has 0 aromatic heterocycles. The quantitative estimate of drug-likeness (QED) is 0.0491. The van der Waals surface area contributed by atoms with Gasteiger partial charge in [0.1, 0.15) is 24.0 Å². The van der Waals surface area contributed by atoms with Crippen molar-refractivity contribution in [3.63, 3.8) is 0 Å². The summed E-state index contributed by atoms with van der Waals surface area (Å²) in [5.74, 6) is -0.0516. The molecule has 0 heterocycles. The molecule has 1 atom stereocenters. The normalized spacial score (nSPS) is 12.4. The Morgan fingerprint density at radius 2 is 1.29 bits per heavy atom. The largest absolute Gasteiger partial charge is 0.488 e. The number of hydrogen-bond acceptors (Lipinski definition) is 8. The van der Waals surface area contributed by atoms with E-state index in [0.717, 1.165) is 55.3 Å². The number of benzene rings is 6. The van der Waals surface area contributed by atoms with E-state index >= 15 is 0 Å². The van der Waals surface area contributed by atoms with E-state index in [1.807, 2.05) is 150 Å². The first-order valence-corrected chi connectivity index (χ1v) is 24.1. The topological polar surface area (TPSA) is 157 Å². The molecule has 0 saturated carbocycles. The molecular formula is C57H65N5O8. The first kappa shape index (κ1) is 50.7. The number of urea groups is 1. The van der Waals surface area contributed by atoms with Gasteiger partial charge in [-0.25, -0.2) is 9.59 Å². The molecular weight excluding hydrogens is 883 g/mol. The third-order valence-electron chi connectivity index (χ3n) is 11.9. The molecule has 0 aliphatic heterocycles. The number of nitrogens with one attached hydrogen (secondary N) is 4. The number of fused-ring (bicyclic) bond motifs is 4. The fraction of sp³-hybridized carbons (Fsp3) is 0.333. The van der Waals surface area contributed by atoms with Crippen LogP contribution in [-0.2, 0) is 49.9 Å². The van der Waals surface area contributed by atoms with Crippen LogP contribution in [0.1, 0.15) is 80.3 Å². The minimum atomic E-state index is -0.958. The Hall–Kier alpha value is -7.22. The lowest BCUT2D eigenvalue weighted by Crippen LogP contribution is -2.52. The first-order valence-electron chi connectivity index (χ1n) is 24.1. The van der Waals surface area contributed by atoms with Gasteiger partial charge in [0.25, 0.3) is 0 Å². The van der Waals surface area contributed by atoms with Gasteiger partial charge in [0.15, 0.2) is 6.29 Å². The van der Waals surface area contributed by atoms with Gasteiger partial charge in [0, 0.05) is 58.2 Å². The standard InChI is InChI=1S/C57H65N5O8/c1-6-67-53(68-7-2)37-62(36-43-20-15-19-42-18-8-9-21-45(42)43)54(64)51(33-39-26-28-44(29-27-39)70-57(3,4)5)61-52(63)30-31-58-55(65)59-34-40-16-14-17-41(32-40)35-60-56(66)69-38-50-48-24-12-10-22-46(48)47-23-11-13-25-49(47)50/h8-29,32,50-51,53H,6-7,30-31,33-38H2,1-5H3,(H,60,66)(H,61,63)(H2,58,59,65)/t51-/m0/s1. The van der Waals surface area contributed by atoms with Crippen molar-refractivity contribution in [3.8, 4) is 16.9 Å². The van der Waals surface area contributed by atoms with Crippen molar-refractivity contribution in [2.75, 3.05) is 32.9 Å². The van der Waals surface area contributed by atoms with Crippen LogP contribution in [0.25, 0.3) is 21.9 Å². The van der Waals surface area contributed by atoms with Crippen molar-refractivity contribution in [2.45, 2.75) is 90.9 Å². The summed E-state index contributed by atoms with van der Waals surface area (Å²) in [6, 6.07) is 44.0. The number of carbonyl (C=O) groups excluding carboxylic acids is 4. The van der Waals surface area contributed by atoms with Gasteiger partial charge in [-0.1, -0.05) is 127 Å². The van der Waals surface area contributed by atoms with E-state index in [9.17, 15) is 19.2 Å². The van der Waals surface area contributed by atoms with E-state index in [2.05, 4.69) is 45.5 Å². The highest BCUT2D eigenvalue weighted by Crippen LogP contribution is 2.44. The average molecular weight is 948 g/mol. The molecule has 13 nitrogen and oxygen atoms in total. The zero-order chi connectivity index (χ0) is 49.5. The van der Waals surface area contributed by atoms with E-state index in [-0.39, 0.29) is 69.6 Å². The van der Waals surface area contributed by atoms with Crippen LogP contribution in [-0.4, -0.2) is 79.7 Å². The molecule has 366 valence electrons. The third kappa shape index (κ3) is 14.2. The van der Waals surface area contributed by atoms with Gasteiger partial charge in [-0.3, -0.25) is 9.59 Å². The summed E-state index contributed by atoms with van der Waals surface area (Å²) in [6.45, 7) is 11.5. The Morgan fingerprint density at radius 3 is 1.96 bits per heavy atom. The van der Waals surface area contributed by atoms with Gasteiger partial charge in [-0.05, 0) is 102 Å². The number of hydrogen-bond donors (Lipinski definition) is 4. The van der Waals surface area contributed by atoms with Crippen molar-refractivity contribution in [1.82, 2.24) is 26.2 Å². The predicted octanol–water partition coefficient (Wildman–Crippen LogP) is 9.40. The van der Waals surface area contributed by atoms with Crippen molar-refractivity contribution < 1.29 is 38.1 Å². The van der Waals surface area contributed by atoms with Crippen LogP contribution < -0.4 is 26.0 Å². The van der Waals surface area contributed by atoms with Crippen LogP contribution in [0.15, 0.2) is 140 Å². The predicted molar refractivity (Wildman–Crippen MR) is 272 cm³/mol. The number of ether oxygens (including phenoxy) is 4. The zero-order valence-corrected chi connectivity index (χ0v) is 40.8. The molecule has 0 bridgehead atoms. The van der Waals surface area contributed by atoms with Crippen molar-refractivity contribution in [2.24, 2.45) is 0 Å². The molecule has 0 radical (unpaired) electrons. The van der Waals surface area contributed by atoms with E-state index < -0.39 is 30.4 Å². The molecule has 13 heteroatoms. The molecule has 70 heavy (non-hydrogen) atoms. The number of nitrogens with zero attached hydrogens (tertiary/aromatic N) is 1. The summed E-state index contributed by atoms with van der Waals surface area (Å²) in [6.07, 6.45) is -1.07. The minimum Gasteiger partial charge on any atom is -0.488 e. The fourth-order valence-corrected chi connectivity index (χ4v) is 8.75. The van der Waals surface area contributed by atoms with Crippen molar-refractivity contribution in [1.29, 1.82) is 0 Å². The minimum absolute atomic E-state index is 0.0258. The summed E-state index contributed by atoms with van der Waals surface area (Å²) in [7, 11) is 0. The lowest BCUT2D eigenvalue weighted by atomic mass is 9.98.